The Morgan fingerprint density at radius 1 is 1.10 bits per heavy atom. The van der Waals surface area contributed by atoms with E-state index in [1.54, 1.807) is 20.8 Å². The maximum Gasteiger partial charge on any atom is 0.416 e. The van der Waals surface area contributed by atoms with Crippen LogP contribution in [0, 0.1) is 12.8 Å². The van der Waals surface area contributed by atoms with Gasteiger partial charge in [0.2, 0.25) is 0 Å². The van der Waals surface area contributed by atoms with E-state index in [0.717, 1.165) is 24.3 Å². The number of halogens is 4. The molecular formula is C22H19ClF3NO4. The lowest BCUT2D eigenvalue weighted by molar-refractivity contribution is -0.140. The highest BCUT2D eigenvalue weighted by Crippen LogP contribution is 2.40. The number of carbonyl (C=O) groups excluding carboxylic acids is 1. The Labute approximate surface area is 180 Å². The number of carbonyl (C=O) groups is 2. The molecule has 0 aliphatic carbocycles. The molecule has 0 amide bonds. The molecule has 1 aromatic heterocycles. The molecule has 2 aromatic carbocycles. The van der Waals surface area contributed by atoms with Crippen LogP contribution in [0.3, 0.4) is 0 Å². The minimum Gasteiger partial charge on any atom is -0.506 e. The van der Waals surface area contributed by atoms with Crippen LogP contribution in [0.25, 0.3) is 10.9 Å². The SMILES string of the molecule is Cc1c(C(C(=O)O)C(C)C)c2cc(O)c(Cl)cc2n1C(=O)c1ccc(C(F)(F)F)cc1. The first-order valence-electron chi connectivity index (χ1n) is 9.32. The van der Waals surface area contributed by atoms with E-state index >= 15 is 0 Å². The minimum atomic E-state index is -4.54. The number of hydrogen-bond donors (Lipinski definition) is 2. The van der Waals surface area contributed by atoms with Crippen molar-refractivity contribution < 1.29 is 33.0 Å². The number of phenols is 1. The molecule has 3 rings (SSSR count). The quantitative estimate of drug-likeness (QED) is 0.520. The van der Waals surface area contributed by atoms with E-state index in [-0.39, 0.29) is 27.8 Å². The Balaban J connectivity index is 2.27. The Morgan fingerprint density at radius 3 is 2.16 bits per heavy atom. The molecule has 9 heteroatoms. The van der Waals surface area contributed by atoms with E-state index in [1.807, 2.05) is 0 Å². The van der Waals surface area contributed by atoms with E-state index in [9.17, 15) is 33.0 Å². The van der Waals surface area contributed by atoms with Crippen LogP contribution in [-0.2, 0) is 11.0 Å². The standard InChI is InChI=1S/C22H19ClF3NO4/c1-10(2)18(21(30)31)19-11(3)27(16-9-15(23)17(28)8-14(16)19)20(29)12-4-6-13(7-5-12)22(24,25)26/h4-10,18,28H,1-3H3,(H,30,31). The number of benzene rings is 2. The van der Waals surface area contributed by atoms with Crippen LogP contribution in [0.4, 0.5) is 13.2 Å². The third-order valence-electron chi connectivity index (χ3n) is 5.23. The van der Waals surface area contributed by atoms with E-state index < -0.39 is 29.5 Å². The minimum absolute atomic E-state index is 0.0137. The Morgan fingerprint density at radius 2 is 1.68 bits per heavy atom. The van der Waals surface area contributed by atoms with Gasteiger partial charge in [-0.1, -0.05) is 25.4 Å². The van der Waals surface area contributed by atoms with Crippen molar-refractivity contribution in [2.75, 3.05) is 0 Å². The topological polar surface area (TPSA) is 79.5 Å². The number of hydrogen-bond acceptors (Lipinski definition) is 3. The molecule has 0 bridgehead atoms. The summed E-state index contributed by atoms with van der Waals surface area (Å²) in [6, 6.07) is 6.38. The van der Waals surface area contributed by atoms with Gasteiger partial charge >= 0.3 is 12.1 Å². The highest BCUT2D eigenvalue weighted by atomic mass is 35.5. The van der Waals surface area contributed by atoms with Crippen molar-refractivity contribution in [3.63, 3.8) is 0 Å². The number of rotatable bonds is 4. The summed E-state index contributed by atoms with van der Waals surface area (Å²) >= 11 is 6.03. The fraction of sp³-hybridized carbons (Fsp3) is 0.273. The summed E-state index contributed by atoms with van der Waals surface area (Å²) in [5, 5.41) is 20.2. The Bertz CT molecular complexity index is 1180. The number of aromatic nitrogens is 1. The largest absolute Gasteiger partial charge is 0.506 e. The van der Waals surface area contributed by atoms with E-state index in [2.05, 4.69) is 0 Å². The molecule has 5 nitrogen and oxygen atoms in total. The van der Waals surface area contributed by atoms with E-state index in [4.69, 9.17) is 11.6 Å². The van der Waals surface area contributed by atoms with Crippen molar-refractivity contribution in [2.24, 2.45) is 5.92 Å². The Hall–Kier alpha value is -3.00. The zero-order chi connectivity index (χ0) is 23.2. The first kappa shape index (κ1) is 22.7. The molecule has 31 heavy (non-hydrogen) atoms. The first-order chi connectivity index (χ1) is 14.3. The maximum absolute atomic E-state index is 13.2. The summed E-state index contributed by atoms with van der Waals surface area (Å²) in [6.07, 6.45) is -4.54. The van der Waals surface area contributed by atoms with Gasteiger partial charge in [-0.3, -0.25) is 14.2 Å². The lowest BCUT2D eigenvalue weighted by Crippen LogP contribution is -2.20. The number of aromatic hydroxyl groups is 1. The van der Waals surface area contributed by atoms with Gasteiger partial charge in [0, 0.05) is 16.6 Å². The molecule has 1 unspecified atom stereocenters. The monoisotopic (exact) mass is 453 g/mol. The van der Waals surface area contributed by atoms with Crippen LogP contribution in [0.15, 0.2) is 36.4 Å². The van der Waals surface area contributed by atoms with Gasteiger partial charge in [0.1, 0.15) is 5.75 Å². The number of phenolic OH excluding ortho intramolecular Hbond substituents is 1. The lowest BCUT2D eigenvalue weighted by atomic mass is 9.86. The maximum atomic E-state index is 13.2. The van der Waals surface area contributed by atoms with Gasteiger partial charge in [0.05, 0.1) is 22.0 Å². The van der Waals surface area contributed by atoms with Gasteiger partial charge < -0.3 is 10.2 Å². The summed E-state index contributed by atoms with van der Waals surface area (Å²) in [4.78, 5) is 25.2. The molecule has 3 aromatic rings. The molecular weight excluding hydrogens is 435 g/mol. The molecule has 2 N–H and O–H groups in total. The van der Waals surface area contributed by atoms with Gasteiger partial charge in [0.25, 0.3) is 5.91 Å². The first-order valence-corrected chi connectivity index (χ1v) is 9.70. The van der Waals surface area contributed by atoms with Crippen LogP contribution in [0.2, 0.25) is 5.02 Å². The number of fused-ring (bicyclic) bond motifs is 1. The smallest absolute Gasteiger partial charge is 0.416 e. The van der Waals surface area contributed by atoms with E-state index in [1.165, 1.54) is 16.7 Å². The zero-order valence-corrected chi connectivity index (χ0v) is 17.5. The highest BCUT2D eigenvalue weighted by molar-refractivity contribution is 6.33. The van der Waals surface area contributed by atoms with Gasteiger partial charge in [-0.05, 0) is 54.8 Å². The second-order valence-corrected chi connectivity index (χ2v) is 8.00. The van der Waals surface area contributed by atoms with Crippen molar-refractivity contribution in [2.45, 2.75) is 32.9 Å². The summed E-state index contributed by atoms with van der Waals surface area (Å²) in [6.45, 7) is 4.99. The van der Waals surface area contributed by atoms with Gasteiger partial charge in [-0.25, -0.2) is 0 Å². The average molecular weight is 454 g/mol. The van der Waals surface area contributed by atoms with Crippen molar-refractivity contribution in [3.8, 4) is 5.75 Å². The third kappa shape index (κ3) is 3.99. The molecule has 0 fully saturated rings. The van der Waals surface area contributed by atoms with Crippen LogP contribution < -0.4 is 0 Å². The summed E-state index contributed by atoms with van der Waals surface area (Å²) in [7, 11) is 0. The summed E-state index contributed by atoms with van der Waals surface area (Å²) in [5.41, 5.74) is -0.00259. The summed E-state index contributed by atoms with van der Waals surface area (Å²) in [5.74, 6) is -3.34. The van der Waals surface area contributed by atoms with Gasteiger partial charge in [-0.15, -0.1) is 0 Å². The number of carboxylic acids is 1. The second-order valence-electron chi connectivity index (χ2n) is 7.60. The van der Waals surface area contributed by atoms with Crippen LogP contribution in [0.1, 0.15) is 46.9 Å². The lowest BCUT2D eigenvalue weighted by Gasteiger charge is -2.17. The van der Waals surface area contributed by atoms with Crippen LogP contribution in [0.5, 0.6) is 5.75 Å². The van der Waals surface area contributed by atoms with Crippen molar-refractivity contribution in [1.29, 1.82) is 0 Å². The number of carboxylic acid groups (broad SMARTS) is 1. The van der Waals surface area contributed by atoms with Crippen molar-refractivity contribution in [3.05, 3.63) is 63.8 Å². The second kappa shape index (κ2) is 7.92. The predicted molar refractivity (Wildman–Crippen MR) is 110 cm³/mol. The number of alkyl halides is 3. The number of nitrogens with zero attached hydrogens (tertiary/aromatic N) is 1. The molecule has 0 radical (unpaired) electrons. The zero-order valence-electron chi connectivity index (χ0n) is 16.8. The van der Waals surface area contributed by atoms with Crippen molar-refractivity contribution >= 4 is 34.4 Å². The number of aliphatic carboxylic acids is 1. The fourth-order valence-electron chi connectivity index (χ4n) is 3.78. The van der Waals surface area contributed by atoms with Crippen LogP contribution in [-0.4, -0.2) is 26.7 Å². The molecule has 0 spiro atoms. The fourth-order valence-corrected chi connectivity index (χ4v) is 3.93. The van der Waals surface area contributed by atoms with Crippen molar-refractivity contribution in [1.82, 2.24) is 4.57 Å². The van der Waals surface area contributed by atoms with Gasteiger partial charge in [-0.2, -0.15) is 13.2 Å². The molecule has 164 valence electrons. The Kier molecular flexibility index (Phi) is 5.80. The van der Waals surface area contributed by atoms with Crippen LogP contribution >= 0.6 is 11.6 Å². The average Bonchev–Trinajstić information content (AvgIpc) is 2.92. The van der Waals surface area contributed by atoms with Gasteiger partial charge in [0.15, 0.2) is 0 Å². The molecule has 1 heterocycles. The predicted octanol–water partition coefficient (Wildman–Crippen LogP) is 5.84. The molecule has 1 atom stereocenters. The molecule has 0 saturated carbocycles. The molecule has 0 aliphatic heterocycles. The highest BCUT2D eigenvalue weighted by Gasteiger charge is 2.33. The van der Waals surface area contributed by atoms with E-state index in [0.29, 0.717) is 16.6 Å². The molecule has 0 aliphatic rings. The normalized spacial score (nSPS) is 13.0. The molecule has 0 saturated heterocycles. The third-order valence-corrected chi connectivity index (χ3v) is 5.53. The summed E-state index contributed by atoms with van der Waals surface area (Å²) < 4.78 is 39.8.